The molecule has 0 aromatic rings. The number of hydrogen-bond acceptors (Lipinski definition) is 2. The van der Waals surface area contributed by atoms with Crippen LogP contribution in [0, 0.1) is 5.92 Å². The third-order valence-electron chi connectivity index (χ3n) is 5.82. The Morgan fingerprint density at radius 2 is 1.03 bits per heavy atom. The van der Waals surface area contributed by atoms with Crippen molar-refractivity contribution in [3.8, 4) is 0 Å². The maximum Gasteiger partial charge on any atom is 0.346 e. The van der Waals surface area contributed by atoms with Gasteiger partial charge in [-0.1, -0.05) is 86.5 Å². The fourth-order valence-electron chi connectivity index (χ4n) is 3.53. The van der Waals surface area contributed by atoms with E-state index in [9.17, 15) is 4.57 Å². The lowest BCUT2D eigenvalue weighted by molar-refractivity contribution is 0.167. The molecule has 0 unspecified atom stereocenters. The van der Waals surface area contributed by atoms with Gasteiger partial charge in [-0.15, -0.1) is 0 Å². The third-order valence-corrected chi connectivity index (χ3v) is 8.53. The number of nitrogens with zero attached hydrogens (tertiary/aromatic N) is 2. The van der Waals surface area contributed by atoms with E-state index in [0.29, 0.717) is 12.5 Å². The standard InChI is InChI=1S/C24H53N2O2P/c1-7-13-18-24(12-6)23-28-29(27,25(19-14-8-2)20-15-9-3)26(21-16-10-4)22-17-11-5/h24H,7-23H2,1-6H3/t24-/m1/s1. The molecule has 4 nitrogen and oxygen atoms in total. The second kappa shape index (κ2) is 18.8. The molecule has 0 rings (SSSR count). The van der Waals surface area contributed by atoms with Crippen LogP contribution in [0.3, 0.4) is 0 Å². The van der Waals surface area contributed by atoms with E-state index in [1.54, 1.807) is 0 Å². The van der Waals surface area contributed by atoms with E-state index in [1.165, 1.54) is 19.3 Å². The van der Waals surface area contributed by atoms with E-state index in [2.05, 4.69) is 50.9 Å². The molecule has 0 spiro atoms. The van der Waals surface area contributed by atoms with E-state index in [1.807, 2.05) is 0 Å². The molecule has 0 aliphatic heterocycles. The topological polar surface area (TPSA) is 32.8 Å². The quantitative estimate of drug-likeness (QED) is 0.171. The van der Waals surface area contributed by atoms with Gasteiger partial charge in [-0.2, -0.15) is 0 Å². The van der Waals surface area contributed by atoms with Crippen molar-refractivity contribution in [1.82, 2.24) is 9.34 Å². The lowest BCUT2D eigenvalue weighted by atomic mass is 10.0. The van der Waals surface area contributed by atoms with Gasteiger partial charge in [-0.3, -0.25) is 4.57 Å². The molecular weight excluding hydrogens is 379 g/mol. The molecule has 5 heteroatoms. The van der Waals surface area contributed by atoms with Gasteiger partial charge in [0.2, 0.25) is 0 Å². The second-order valence-electron chi connectivity index (χ2n) is 8.52. The molecule has 176 valence electrons. The van der Waals surface area contributed by atoms with Gasteiger partial charge in [0.25, 0.3) is 0 Å². The Morgan fingerprint density at radius 3 is 1.34 bits per heavy atom. The van der Waals surface area contributed by atoms with Gasteiger partial charge in [0.1, 0.15) is 0 Å². The molecule has 0 radical (unpaired) electrons. The van der Waals surface area contributed by atoms with Crippen LogP contribution in [0.5, 0.6) is 0 Å². The van der Waals surface area contributed by atoms with Crippen molar-refractivity contribution in [1.29, 1.82) is 0 Å². The van der Waals surface area contributed by atoms with E-state index in [0.717, 1.165) is 84.0 Å². The van der Waals surface area contributed by atoms with Crippen molar-refractivity contribution < 1.29 is 9.09 Å². The maximum atomic E-state index is 14.6. The van der Waals surface area contributed by atoms with Gasteiger partial charge < -0.3 is 4.52 Å². The molecule has 0 aliphatic rings. The Balaban J connectivity index is 5.62. The summed E-state index contributed by atoms with van der Waals surface area (Å²) in [6.07, 6.45) is 13.6. The molecule has 0 saturated carbocycles. The smallest absolute Gasteiger partial charge is 0.306 e. The highest BCUT2D eigenvalue weighted by molar-refractivity contribution is 7.53. The highest BCUT2D eigenvalue weighted by atomic mass is 31.2. The molecule has 0 heterocycles. The van der Waals surface area contributed by atoms with Crippen molar-refractivity contribution in [3.05, 3.63) is 0 Å². The summed E-state index contributed by atoms with van der Waals surface area (Å²) in [5.41, 5.74) is 0. The van der Waals surface area contributed by atoms with Crippen LogP contribution < -0.4 is 0 Å². The first-order valence-corrected chi connectivity index (χ1v) is 14.3. The van der Waals surface area contributed by atoms with E-state index in [-0.39, 0.29) is 0 Å². The molecule has 0 aromatic carbocycles. The average Bonchev–Trinajstić information content (AvgIpc) is 2.73. The summed E-state index contributed by atoms with van der Waals surface area (Å²) < 4.78 is 25.5. The van der Waals surface area contributed by atoms with Crippen molar-refractivity contribution in [2.75, 3.05) is 32.8 Å². The first-order valence-electron chi connectivity index (χ1n) is 12.8. The fraction of sp³-hybridized carbons (Fsp3) is 1.00. The van der Waals surface area contributed by atoms with Gasteiger partial charge in [0, 0.05) is 26.2 Å². The Hall–Kier alpha value is 0.110. The molecule has 0 bridgehead atoms. The summed E-state index contributed by atoms with van der Waals surface area (Å²) in [4.78, 5) is 0. The predicted molar refractivity (Wildman–Crippen MR) is 130 cm³/mol. The lowest BCUT2D eigenvalue weighted by Gasteiger charge is -2.39. The van der Waals surface area contributed by atoms with Gasteiger partial charge in [0.15, 0.2) is 0 Å². The zero-order chi connectivity index (χ0) is 22.0. The average molecular weight is 433 g/mol. The predicted octanol–water partition coefficient (Wildman–Crippen LogP) is 8.13. The van der Waals surface area contributed by atoms with Crippen molar-refractivity contribution >= 4 is 7.67 Å². The molecule has 0 fully saturated rings. The Morgan fingerprint density at radius 1 is 0.655 bits per heavy atom. The first kappa shape index (κ1) is 29.1. The lowest BCUT2D eigenvalue weighted by Crippen LogP contribution is -2.36. The van der Waals surface area contributed by atoms with Crippen molar-refractivity contribution in [2.24, 2.45) is 5.92 Å². The monoisotopic (exact) mass is 432 g/mol. The van der Waals surface area contributed by atoms with Crippen LogP contribution in [0.2, 0.25) is 0 Å². The molecule has 0 amide bonds. The van der Waals surface area contributed by atoms with Gasteiger partial charge >= 0.3 is 7.67 Å². The van der Waals surface area contributed by atoms with Gasteiger partial charge in [-0.25, -0.2) is 9.34 Å². The first-order chi connectivity index (χ1) is 14.0. The van der Waals surface area contributed by atoms with Crippen molar-refractivity contribution in [3.63, 3.8) is 0 Å². The van der Waals surface area contributed by atoms with Crippen LogP contribution in [0.1, 0.15) is 119 Å². The number of rotatable bonds is 21. The molecule has 0 aromatic heterocycles. The summed E-state index contributed by atoms with van der Waals surface area (Å²) >= 11 is 0. The zero-order valence-electron chi connectivity index (χ0n) is 20.8. The second-order valence-corrected chi connectivity index (χ2v) is 10.9. The Kier molecular flexibility index (Phi) is 18.9. The SMILES string of the molecule is CCCC[C@@H](CC)COP(=O)(N(CCCC)CCCC)N(CCCC)CCCC. The fourth-order valence-corrected chi connectivity index (χ4v) is 6.20. The summed E-state index contributed by atoms with van der Waals surface area (Å²) in [7, 11) is -2.99. The maximum absolute atomic E-state index is 14.6. The third kappa shape index (κ3) is 11.9. The molecule has 0 N–H and O–H groups in total. The molecule has 0 aliphatic carbocycles. The van der Waals surface area contributed by atoms with Crippen LogP contribution in [-0.4, -0.2) is 42.1 Å². The number of unbranched alkanes of at least 4 members (excludes halogenated alkanes) is 5. The Labute approximate surface area is 183 Å². The molecular formula is C24H53N2O2P. The summed E-state index contributed by atoms with van der Waals surface area (Å²) in [5, 5.41) is 0. The minimum Gasteiger partial charge on any atom is -0.306 e. The van der Waals surface area contributed by atoms with Crippen LogP contribution in [0.4, 0.5) is 0 Å². The normalized spacial score (nSPS) is 13.5. The van der Waals surface area contributed by atoms with E-state index < -0.39 is 7.67 Å². The summed E-state index contributed by atoms with van der Waals surface area (Å²) in [6.45, 7) is 17.5. The van der Waals surface area contributed by atoms with Gasteiger partial charge in [0.05, 0.1) is 6.61 Å². The molecule has 0 saturated heterocycles. The molecule has 29 heavy (non-hydrogen) atoms. The van der Waals surface area contributed by atoms with Crippen LogP contribution in [0.15, 0.2) is 0 Å². The van der Waals surface area contributed by atoms with Gasteiger partial charge in [-0.05, 0) is 38.0 Å². The van der Waals surface area contributed by atoms with Crippen LogP contribution in [0.25, 0.3) is 0 Å². The minimum atomic E-state index is -2.99. The highest BCUT2D eigenvalue weighted by Gasteiger charge is 2.38. The van der Waals surface area contributed by atoms with Crippen LogP contribution >= 0.6 is 7.67 Å². The highest BCUT2D eigenvalue weighted by Crippen LogP contribution is 2.55. The Bertz CT molecular complexity index is 366. The largest absolute Gasteiger partial charge is 0.346 e. The molecule has 1 atom stereocenters. The van der Waals surface area contributed by atoms with Crippen molar-refractivity contribution in [2.45, 2.75) is 119 Å². The number of hydrogen-bond donors (Lipinski definition) is 0. The summed E-state index contributed by atoms with van der Waals surface area (Å²) in [5.74, 6) is 0.515. The van der Waals surface area contributed by atoms with Crippen LogP contribution in [-0.2, 0) is 9.09 Å². The summed E-state index contributed by atoms with van der Waals surface area (Å²) in [6, 6.07) is 0. The zero-order valence-corrected chi connectivity index (χ0v) is 21.7. The minimum absolute atomic E-state index is 0.515. The van der Waals surface area contributed by atoms with E-state index >= 15 is 0 Å². The van der Waals surface area contributed by atoms with E-state index in [4.69, 9.17) is 4.52 Å².